The molecule has 27 heavy (non-hydrogen) atoms. The second kappa shape index (κ2) is 7.82. The van der Waals surface area contributed by atoms with Crippen LogP contribution in [0.2, 0.25) is 0 Å². The van der Waals surface area contributed by atoms with Gasteiger partial charge in [-0.1, -0.05) is 12.1 Å². The Morgan fingerprint density at radius 1 is 1.07 bits per heavy atom. The predicted octanol–water partition coefficient (Wildman–Crippen LogP) is 3.46. The summed E-state index contributed by atoms with van der Waals surface area (Å²) in [4.78, 5) is 25.0. The Kier molecular flexibility index (Phi) is 5.30. The van der Waals surface area contributed by atoms with Crippen molar-refractivity contribution >= 4 is 22.6 Å². The number of amides is 1. The molecule has 1 amide bonds. The maximum atomic E-state index is 12.6. The van der Waals surface area contributed by atoms with Crippen molar-refractivity contribution in [1.82, 2.24) is 0 Å². The molecule has 3 aromatic rings. The molecule has 0 bridgehead atoms. The Morgan fingerprint density at radius 2 is 1.89 bits per heavy atom. The largest absolute Gasteiger partial charge is 0.497 e. The van der Waals surface area contributed by atoms with Gasteiger partial charge in [0.05, 0.1) is 26.5 Å². The van der Waals surface area contributed by atoms with Crippen LogP contribution in [0.25, 0.3) is 11.0 Å². The molecule has 1 heterocycles. The van der Waals surface area contributed by atoms with Gasteiger partial charge in [0.1, 0.15) is 17.1 Å². The van der Waals surface area contributed by atoms with Gasteiger partial charge in [0.15, 0.2) is 11.3 Å². The molecule has 0 saturated heterocycles. The number of rotatable bonds is 6. The molecule has 0 saturated carbocycles. The zero-order valence-electron chi connectivity index (χ0n) is 15.2. The molecule has 0 aliphatic heterocycles. The number of methoxy groups -OCH3 is 2. The molecule has 3 rings (SSSR count). The van der Waals surface area contributed by atoms with Crippen molar-refractivity contribution in [2.45, 2.75) is 6.92 Å². The highest BCUT2D eigenvalue weighted by atomic mass is 16.5. The third-order valence-corrected chi connectivity index (χ3v) is 3.93. The standard InChI is InChI=1S/C20H19NO6/c1-4-26-16-7-5-6-12-10-14(20(23)27-18(12)16)19(22)21-15-9-8-13(24-2)11-17(15)25-3/h5-11H,4H2,1-3H3,(H,21,22). The van der Waals surface area contributed by atoms with Crippen LogP contribution >= 0.6 is 0 Å². The van der Waals surface area contributed by atoms with Crippen molar-refractivity contribution in [3.63, 3.8) is 0 Å². The summed E-state index contributed by atoms with van der Waals surface area (Å²) in [5, 5.41) is 3.25. The first-order valence-electron chi connectivity index (χ1n) is 8.30. The first kappa shape index (κ1) is 18.3. The van der Waals surface area contributed by atoms with Crippen LogP contribution in [-0.4, -0.2) is 26.7 Å². The Labute approximate surface area is 155 Å². The van der Waals surface area contributed by atoms with Gasteiger partial charge in [0.2, 0.25) is 0 Å². The molecule has 7 heteroatoms. The molecule has 0 fully saturated rings. The molecule has 1 N–H and O–H groups in total. The summed E-state index contributed by atoms with van der Waals surface area (Å²) in [5.74, 6) is 0.844. The van der Waals surface area contributed by atoms with Gasteiger partial charge in [0, 0.05) is 11.5 Å². The van der Waals surface area contributed by atoms with Crippen molar-refractivity contribution < 1.29 is 23.4 Å². The van der Waals surface area contributed by atoms with Crippen molar-refractivity contribution in [2.75, 3.05) is 26.1 Å². The fourth-order valence-electron chi connectivity index (χ4n) is 2.64. The molecule has 0 atom stereocenters. The Balaban J connectivity index is 1.97. The minimum Gasteiger partial charge on any atom is -0.497 e. The van der Waals surface area contributed by atoms with E-state index in [2.05, 4.69) is 5.32 Å². The summed E-state index contributed by atoms with van der Waals surface area (Å²) < 4.78 is 21.2. The maximum absolute atomic E-state index is 12.6. The van der Waals surface area contributed by atoms with Crippen LogP contribution in [-0.2, 0) is 0 Å². The second-order valence-corrected chi connectivity index (χ2v) is 5.58. The lowest BCUT2D eigenvalue weighted by molar-refractivity contribution is 0.102. The van der Waals surface area contributed by atoms with Gasteiger partial charge < -0.3 is 23.9 Å². The van der Waals surface area contributed by atoms with Crippen LogP contribution in [0.15, 0.2) is 51.7 Å². The SMILES string of the molecule is CCOc1cccc2cc(C(=O)Nc3ccc(OC)cc3OC)c(=O)oc12. The fraction of sp³-hybridized carbons (Fsp3) is 0.200. The van der Waals surface area contributed by atoms with E-state index < -0.39 is 11.5 Å². The highest BCUT2D eigenvalue weighted by molar-refractivity contribution is 6.06. The lowest BCUT2D eigenvalue weighted by Crippen LogP contribution is -2.21. The van der Waals surface area contributed by atoms with Crippen molar-refractivity contribution in [2.24, 2.45) is 0 Å². The first-order chi connectivity index (χ1) is 13.1. The van der Waals surface area contributed by atoms with E-state index in [1.807, 2.05) is 6.92 Å². The Morgan fingerprint density at radius 3 is 2.59 bits per heavy atom. The van der Waals surface area contributed by atoms with Crippen LogP contribution in [0.4, 0.5) is 5.69 Å². The number of anilines is 1. The quantitative estimate of drug-likeness (QED) is 0.670. The molecule has 0 unspecified atom stereocenters. The number of ether oxygens (including phenoxy) is 3. The van der Waals surface area contributed by atoms with Crippen molar-refractivity contribution in [3.05, 3.63) is 58.4 Å². The minimum atomic E-state index is -0.750. The topological polar surface area (TPSA) is 87.0 Å². The first-order valence-corrected chi connectivity index (χ1v) is 8.30. The summed E-state index contributed by atoms with van der Waals surface area (Å²) in [6.07, 6.45) is 0. The fourth-order valence-corrected chi connectivity index (χ4v) is 2.64. The van der Waals surface area contributed by atoms with E-state index in [1.54, 1.807) is 36.4 Å². The Bertz CT molecular complexity index is 1040. The molecular weight excluding hydrogens is 350 g/mol. The number of hydrogen-bond donors (Lipinski definition) is 1. The normalized spacial score (nSPS) is 10.5. The summed E-state index contributed by atoms with van der Waals surface area (Å²) >= 11 is 0. The van der Waals surface area contributed by atoms with E-state index >= 15 is 0 Å². The van der Waals surface area contributed by atoms with E-state index in [4.69, 9.17) is 18.6 Å². The number of fused-ring (bicyclic) bond motifs is 1. The number of benzene rings is 2. The van der Waals surface area contributed by atoms with Crippen molar-refractivity contribution in [3.8, 4) is 17.2 Å². The molecule has 140 valence electrons. The van der Waals surface area contributed by atoms with E-state index in [9.17, 15) is 9.59 Å². The van der Waals surface area contributed by atoms with Crippen LogP contribution in [0, 0.1) is 0 Å². The monoisotopic (exact) mass is 369 g/mol. The zero-order valence-corrected chi connectivity index (χ0v) is 15.2. The number of para-hydroxylation sites is 1. The zero-order chi connectivity index (χ0) is 19.4. The number of carbonyl (C=O) groups excluding carboxylic acids is 1. The second-order valence-electron chi connectivity index (χ2n) is 5.58. The van der Waals surface area contributed by atoms with Crippen LogP contribution in [0.1, 0.15) is 17.3 Å². The third kappa shape index (κ3) is 3.72. The van der Waals surface area contributed by atoms with E-state index in [0.29, 0.717) is 40.5 Å². The van der Waals surface area contributed by atoms with E-state index in [-0.39, 0.29) is 5.56 Å². The molecule has 0 aliphatic carbocycles. The van der Waals surface area contributed by atoms with E-state index in [1.165, 1.54) is 20.3 Å². The Hall–Kier alpha value is -3.48. The lowest BCUT2D eigenvalue weighted by atomic mass is 10.1. The van der Waals surface area contributed by atoms with Gasteiger partial charge in [-0.2, -0.15) is 0 Å². The molecule has 0 radical (unpaired) electrons. The predicted molar refractivity (Wildman–Crippen MR) is 101 cm³/mol. The van der Waals surface area contributed by atoms with Crippen LogP contribution in [0.5, 0.6) is 17.2 Å². The van der Waals surface area contributed by atoms with Gasteiger partial charge >= 0.3 is 5.63 Å². The van der Waals surface area contributed by atoms with Gasteiger partial charge in [-0.25, -0.2) is 4.79 Å². The summed E-state index contributed by atoms with van der Waals surface area (Å²) in [6, 6.07) is 11.6. The van der Waals surface area contributed by atoms with Crippen LogP contribution < -0.4 is 25.2 Å². The average Bonchev–Trinajstić information content (AvgIpc) is 2.68. The molecular formula is C20H19NO6. The number of hydrogen-bond acceptors (Lipinski definition) is 6. The van der Waals surface area contributed by atoms with Crippen molar-refractivity contribution in [1.29, 1.82) is 0 Å². The summed E-state index contributed by atoms with van der Waals surface area (Å²) in [6.45, 7) is 2.27. The molecule has 2 aromatic carbocycles. The summed E-state index contributed by atoms with van der Waals surface area (Å²) in [7, 11) is 3.01. The van der Waals surface area contributed by atoms with Gasteiger partial charge in [-0.05, 0) is 31.2 Å². The van der Waals surface area contributed by atoms with Gasteiger partial charge in [-0.3, -0.25) is 4.79 Å². The molecule has 0 spiro atoms. The third-order valence-electron chi connectivity index (χ3n) is 3.93. The van der Waals surface area contributed by atoms with Crippen LogP contribution in [0.3, 0.4) is 0 Å². The lowest BCUT2D eigenvalue weighted by Gasteiger charge is -2.12. The number of nitrogens with one attached hydrogen (secondary N) is 1. The van der Waals surface area contributed by atoms with E-state index in [0.717, 1.165) is 0 Å². The maximum Gasteiger partial charge on any atom is 0.349 e. The highest BCUT2D eigenvalue weighted by Gasteiger charge is 2.17. The van der Waals surface area contributed by atoms with Gasteiger partial charge in [-0.15, -0.1) is 0 Å². The molecule has 1 aromatic heterocycles. The average molecular weight is 369 g/mol. The number of carbonyl (C=O) groups is 1. The minimum absolute atomic E-state index is 0.117. The molecule has 0 aliphatic rings. The van der Waals surface area contributed by atoms with Gasteiger partial charge in [0.25, 0.3) is 5.91 Å². The highest BCUT2D eigenvalue weighted by Crippen LogP contribution is 2.30. The smallest absolute Gasteiger partial charge is 0.349 e. The summed E-state index contributed by atoms with van der Waals surface area (Å²) in [5.41, 5.74) is -0.151. The molecule has 7 nitrogen and oxygen atoms in total.